The predicted octanol–water partition coefficient (Wildman–Crippen LogP) is 2.49. The zero-order valence-electron chi connectivity index (χ0n) is 16.2. The molecule has 1 amide bonds. The standard InChI is InChI=1S/C22H26N2O4/c1-27-20-9-5-6-10-21(20)28-17-22(26)24-15-13-23(14-16-24)12-11-19(25)18-7-3-2-4-8-18/h2-10H,11-17H2,1H3. The molecule has 0 radical (unpaired) electrons. The number of Topliss-reactive ketones (excluding diaryl/α,β-unsaturated/α-hetero) is 1. The van der Waals surface area contributed by atoms with Crippen molar-refractivity contribution < 1.29 is 19.1 Å². The minimum absolute atomic E-state index is 0.00708. The summed E-state index contributed by atoms with van der Waals surface area (Å²) in [5.74, 6) is 1.30. The normalized spacial score (nSPS) is 14.5. The lowest BCUT2D eigenvalue weighted by atomic mass is 10.1. The number of methoxy groups -OCH3 is 1. The third kappa shape index (κ3) is 5.33. The number of ether oxygens (including phenoxy) is 2. The first-order valence-corrected chi connectivity index (χ1v) is 9.51. The number of benzene rings is 2. The smallest absolute Gasteiger partial charge is 0.260 e. The Morgan fingerprint density at radius 3 is 2.21 bits per heavy atom. The Kier molecular flexibility index (Phi) is 7.03. The number of carbonyl (C=O) groups excluding carboxylic acids is 2. The maximum atomic E-state index is 12.4. The van der Waals surface area contributed by atoms with Crippen molar-refractivity contribution in [2.45, 2.75) is 6.42 Å². The Morgan fingerprint density at radius 1 is 0.893 bits per heavy atom. The quantitative estimate of drug-likeness (QED) is 0.657. The number of hydrogen-bond acceptors (Lipinski definition) is 5. The monoisotopic (exact) mass is 382 g/mol. The highest BCUT2D eigenvalue weighted by molar-refractivity contribution is 5.96. The summed E-state index contributed by atoms with van der Waals surface area (Å²) in [7, 11) is 1.58. The minimum atomic E-state index is -0.0362. The van der Waals surface area contributed by atoms with Gasteiger partial charge in [-0.3, -0.25) is 14.5 Å². The molecular weight excluding hydrogens is 356 g/mol. The molecule has 1 fully saturated rings. The molecule has 0 atom stereocenters. The van der Waals surface area contributed by atoms with Gasteiger partial charge in [-0.15, -0.1) is 0 Å². The molecule has 0 saturated carbocycles. The minimum Gasteiger partial charge on any atom is -0.493 e. The van der Waals surface area contributed by atoms with Gasteiger partial charge in [0.15, 0.2) is 23.9 Å². The Hall–Kier alpha value is -2.86. The molecule has 1 aliphatic rings. The van der Waals surface area contributed by atoms with Crippen LogP contribution in [-0.2, 0) is 4.79 Å². The SMILES string of the molecule is COc1ccccc1OCC(=O)N1CCN(CCC(=O)c2ccccc2)CC1. The molecule has 1 heterocycles. The first-order valence-electron chi connectivity index (χ1n) is 9.51. The molecule has 1 aliphatic heterocycles. The third-order valence-corrected chi connectivity index (χ3v) is 4.90. The molecule has 1 saturated heterocycles. The average molecular weight is 382 g/mol. The van der Waals surface area contributed by atoms with Crippen LogP contribution in [0.5, 0.6) is 11.5 Å². The van der Waals surface area contributed by atoms with Crippen LogP contribution in [0.15, 0.2) is 54.6 Å². The molecule has 0 aromatic heterocycles. The molecule has 2 aromatic carbocycles. The lowest BCUT2D eigenvalue weighted by Gasteiger charge is -2.34. The third-order valence-electron chi connectivity index (χ3n) is 4.90. The van der Waals surface area contributed by atoms with E-state index in [9.17, 15) is 9.59 Å². The molecule has 0 spiro atoms. The Balaban J connectivity index is 1.40. The molecule has 0 unspecified atom stereocenters. The fraction of sp³-hybridized carbons (Fsp3) is 0.364. The van der Waals surface area contributed by atoms with E-state index in [1.807, 2.05) is 47.4 Å². The van der Waals surface area contributed by atoms with Gasteiger partial charge in [0.1, 0.15) is 0 Å². The van der Waals surface area contributed by atoms with Gasteiger partial charge in [-0.1, -0.05) is 42.5 Å². The second-order valence-corrected chi connectivity index (χ2v) is 6.70. The van der Waals surface area contributed by atoms with E-state index in [1.165, 1.54) is 0 Å². The van der Waals surface area contributed by atoms with E-state index in [0.29, 0.717) is 37.6 Å². The number of nitrogens with zero attached hydrogens (tertiary/aromatic N) is 2. The number of piperazine rings is 1. The van der Waals surface area contributed by atoms with E-state index in [2.05, 4.69) is 4.90 Å². The fourth-order valence-electron chi connectivity index (χ4n) is 3.22. The zero-order chi connectivity index (χ0) is 19.8. The van der Waals surface area contributed by atoms with Crippen LogP contribution in [0.25, 0.3) is 0 Å². The number of rotatable bonds is 8. The number of carbonyl (C=O) groups is 2. The Morgan fingerprint density at radius 2 is 1.54 bits per heavy atom. The predicted molar refractivity (Wildman–Crippen MR) is 107 cm³/mol. The van der Waals surface area contributed by atoms with Crippen LogP contribution in [0.1, 0.15) is 16.8 Å². The number of para-hydroxylation sites is 2. The van der Waals surface area contributed by atoms with Crippen molar-refractivity contribution in [3.05, 3.63) is 60.2 Å². The topological polar surface area (TPSA) is 59.1 Å². The number of amides is 1. The van der Waals surface area contributed by atoms with Crippen LogP contribution in [0.4, 0.5) is 0 Å². The largest absolute Gasteiger partial charge is 0.493 e. The van der Waals surface area contributed by atoms with Gasteiger partial charge >= 0.3 is 0 Å². The van der Waals surface area contributed by atoms with Crippen molar-refractivity contribution in [1.29, 1.82) is 0 Å². The second kappa shape index (κ2) is 9.90. The van der Waals surface area contributed by atoms with Crippen molar-refractivity contribution in [1.82, 2.24) is 9.80 Å². The molecule has 3 rings (SSSR count). The van der Waals surface area contributed by atoms with Gasteiger partial charge in [0.25, 0.3) is 5.91 Å². The van der Waals surface area contributed by atoms with E-state index >= 15 is 0 Å². The molecule has 0 N–H and O–H groups in total. The van der Waals surface area contributed by atoms with Gasteiger partial charge in [0.2, 0.25) is 0 Å². The molecule has 0 bridgehead atoms. The van der Waals surface area contributed by atoms with E-state index < -0.39 is 0 Å². The number of ketones is 1. The van der Waals surface area contributed by atoms with Crippen molar-refractivity contribution in [3.63, 3.8) is 0 Å². The van der Waals surface area contributed by atoms with Crippen molar-refractivity contribution >= 4 is 11.7 Å². The maximum Gasteiger partial charge on any atom is 0.260 e. The van der Waals surface area contributed by atoms with E-state index in [0.717, 1.165) is 18.7 Å². The summed E-state index contributed by atoms with van der Waals surface area (Å²) in [6.07, 6.45) is 0.495. The lowest BCUT2D eigenvalue weighted by molar-refractivity contribution is -0.135. The zero-order valence-corrected chi connectivity index (χ0v) is 16.2. The van der Waals surface area contributed by atoms with E-state index in [1.54, 1.807) is 19.2 Å². The van der Waals surface area contributed by atoms with Crippen molar-refractivity contribution in [2.75, 3.05) is 46.4 Å². The van der Waals surface area contributed by atoms with Gasteiger partial charge in [0, 0.05) is 44.7 Å². The van der Waals surface area contributed by atoms with Crippen LogP contribution < -0.4 is 9.47 Å². The van der Waals surface area contributed by atoms with Gasteiger partial charge in [0.05, 0.1) is 7.11 Å². The van der Waals surface area contributed by atoms with Gasteiger partial charge < -0.3 is 14.4 Å². The van der Waals surface area contributed by atoms with Crippen LogP contribution in [0.3, 0.4) is 0 Å². The first kappa shape index (κ1) is 19.9. The van der Waals surface area contributed by atoms with E-state index in [4.69, 9.17) is 9.47 Å². The highest BCUT2D eigenvalue weighted by Crippen LogP contribution is 2.25. The highest BCUT2D eigenvalue weighted by Gasteiger charge is 2.22. The molecule has 2 aromatic rings. The molecular formula is C22H26N2O4. The number of hydrogen-bond donors (Lipinski definition) is 0. The summed E-state index contributed by atoms with van der Waals surface area (Å²) >= 11 is 0. The maximum absolute atomic E-state index is 12.4. The van der Waals surface area contributed by atoms with Gasteiger partial charge in [-0.05, 0) is 12.1 Å². The molecule has 6 heteroatoms. The summed E-state index contributed by atoms with van der Waals surface area (Å²) in [5, 5.41) is 0. The summed E-state index contributed by atoms with van der Waals surface area (Å²) in [6, 6.07) is 16.7. The molecule has 148 valence electrons. The molecule has 28 heavy (non-hydrogen) atoms. The Labute approximate surface area is 165 Å². The summed E-state index contributed by atoms with van der Waals surface area (Å²) in [6.45, 7) is 3.53. The van der Waals surface area contributed by atoms with Crippen LogP contribution >= 0.6 is 0 Å². The fourth-order valence-corrected chi connectivity index (χ4v) is 3.22. The lowest BCUT2D eigenvalue weighted by Crippen LogP contribution is -2.50. The summed E-state index contributed by atoms with van der Waals surface area (Å²) in [4.78, 5) is 28.7. The van der Waals surface area contributed by atoms with Crippen molar-refractivity contribution in [3.8, 4) is 11.5 Å². The highest BCUT2D eigenvalue weighted by atomic mass is 16.5. The van der Waals surface area contributed by atoms with Gasteiger partial charge in [-0.25, -0.2) is 0 Å². The van der Waals surface area contributed by atoms with Crippen LogP contribution in [-0.4, -0.2) is 67.9 Å². The summed E-state index contributed by atoms with van der Waals surface area (Å²) in [5.41, 5.74) is 0.754. The molecule has 0 aliphatic carbocycles. The summed E-state index contributed by atoms with van der Waals surface area (Å²) < 4.78 is 10.9. The van der Waals surface area contributed by atoms with Gasteiger partial charge in [-0.2, -0.15) is 0 Å². The molecule has 6 nitrogen and oxygen atoms in total. The average Bonchev–Trinajstić information content (AvgIpc) is 2.77. The Bertz CT molecular complexity index is 786. The van der Waals surface area contributed by atoms with E-state index in [-0.39, 0.29) is 18.3 Å². The van der Waals surface area contributed by atoms with Crippen LogP contribution in [0.2, 0.25) is 0 Å². The van der Waals surface area contributed by atoms with Crippen molar-refractivity contribution in [2.24, 2.45) is 0 Å². The second-order valence-electron chi connectivity index (χ2n) is 6.70. The van der Waals surface area contributed by atoms with Crippen LogP contribution in [0, 0.1) is 0 Å². The first-order chi connectivity index (χ1) is 13.7.